The van der Waals surface area contributed by atoms with Gasteiger partial charge in [-0.05, 0) is 42.9 Å². The van der Waals surface area contributed by atoms with E-state index in [1.54, 1.807) is 17.0 Å². The maximum atomic E-state index is 12.4. The van der Waals surface area contributed by atoms with E-state index in [0.29, 0.717) is 18.7 Å². The molecule has 1 aromatic rings. The highest BCUT2D eigenvalue weighted by molar-refractivity contribution is 5.94. The molecule has 0 radical (unpaired) electrons. The third-order valence-corrected chi connectivity index (χ3v) is 4.14. The standard InChI is InChI=1S/C16H21NO4/c1-11(8-15(19)20)13-5-3-7-17(10-13)16(21)12-4-2-6-14(18)9-12/h2,4,6,9,11,13,18H,3,5,7-8,10H2,1H3,(H,19,20). The number of carbonyl (C=O) groups is 2. The van der Waals surface area contributed by atoms with Gasteiger partial charge in [0.25, 0.3) is 5.91 Å². The molecule has 0 bridgehead atoms. The number of likely N-dealkylation sites (tertiary alicyclic amines) is 1. The summed E-state index contributed by atoms with van der Waals surface area (Å²) in [4.78, 5) is 25.0. The number of carboxylic acids is 1. The first kappa shape index (κ1) is 15.4. The summed E-state index contributed by atoms with van der Waals surface area (Å²) in [5.74, 6) is -0.538. The van der Waals surface area contributed by atoms with E-state index < -0.39 is 5.97 Å². The van der Waals surface area contributed by atoms with Gasteiger partial charge in [0.05, 0.1) is 0 Å². The lowest BCUT2D eigenvalue weighted by Gasteiger charge is -2.35. The summed E-state index contributed by atoms with van der Waals surface area (Å²) in [6, 6.07) is 6.33. The van der Waals surface area contributed by atoms with E-state index in [4.69, 9.17) is 5.11 Å². The first-order valence-corrected chi connectivity index (χ1v) is 7.27. The van der Waals surface area contributed by atoms with E-state index in [1.807, 2.05) is 6.92 Å². The van der Waals surface area contributed by atoms with Crippen molar-refractivity contribution in [2.24, 2.45) is 11.8 Å². The third kappa shape index (κ3) is 3.97. The number of nitrogens with zero attached hydrogens (tertiary/aromatic N) is 1. The van der Waals surface area contributed by atoms with Crippen molar-refractivity contribution >= 4 is 11.9 Å². The van der Waals surface area contributed by atoms with Gasteiger partial charge >= 0.3 is 5.97 Å². The minimum atomic E-state index is -0.793. The van der Waals surface area contributed by atoms with Crippen LogP contribution in [0, 0.1) is 11.8 Å². The van der Waals surface area contributed by atoms with E-state index in [2.05, 4.69) is 0 Å². The number of aliphatic carboxylic acids is 1. The largest absolute Gasteiger partial charge is 0.508 e. The van der Waals surface area contributed by atoms with Crippen molar-refractivity contribution < 1.29 is 19.8 Å². The molecule has 1 aliphatic heterocycles. The number of hydrogen-bond donors (Lipinski definition) is 2. The van der Waals surface area contributed by atoms with Crippen molar-refractivity contribution in [1.29, 1.82) is 0 Å². The Bertz CT molecular complexity index is 529. The Balaban J connectivity index is 2.03. The second kappa shape index (κ2) is 6.61. The van der Waals surface area contributed by atoms with E-state index in [-0.39, 0.29) is 29.9 Å². The van der Waals surface area contributed by atoms with Crippen LogP contribution in [0.3, 0.4) is 0 Å². The molecule has 1 fully saturated rings. The number of carboxylic acid groups (broad SMARTS) is 1. The van der Waals surface area contributed by atoms with Gasteiger partial charge in [-0.25, -0.2) is 0 Å². The van der Waals surface area contributed by atoms with Crippen molar-refractivity contribution in [2.45, 2.75) is 26.2 Å². The summed E-state index contributed by atoms with van der Waals surface area (Å²) >= 11 is 0. The number of rotatable bonds is 4. The molecule has 1 aliphatic rings. The Morgan fingerprint density at radius 1 is 1.43 bits per heavy atom. The molecule has 0 aromatic heterocycles. The SMILES string of the molecule is CC(CC(=O)O)C1CCCN(C(=O)c2cccc(O)c2)C1. The second-order valence-electron chi connectivity index (χ2n) is 5.78. The number of hydrogen-bond acceptors (Lipinski definition) is 3. The lowest BCUT2D eigenvalue weighted by atomic mass is 9.84. The Kier molecular flexibility index (Phi) is 4.83. The summed E-state index contributed by atoms with van der Waals surface area (Å²) in [5, 5.41) is 18.4. The van der Waals surface area contributed by atoms with E-state index in [9.17, 15) is 14.7 Å². The third-order valence-electron chi connectivity index (χ3n) is 4.14. The quantitative estimate of drug-likeness (QED) is 0.892. The molecule has 2 unspecified atom stereocenters. The van der Waals surface area contributed by atoms with Gasteiger partial charge < -0.3 is 15.1 Å². The van der Waals surface area contributed by atoms with E-state index in [1.165, 1.54) is 12.1 Å². The highest BCUT2D eigenvalue weighted by Crippen LogP contribution is 2.27. The van der Waals surface area contributed by atoms with Gasteiger partial charge in [-0.2, -0.15) is 0 Å². The van der Waals surface area contributed by atoms with Crippen molar-refractivity contribution in [3.63, 3.8) is 0 Å². The highest BCUT2D eigenvalue weighted by atomic mass is 16.4. The van der Waals surface area contributed by atoms with Crippen molar-refractivity contribution in [1.82, 2.24) is 4.90 Å². The zero-order valence-corrected chi connectivity index (χ0v) is 12.2. The molecule has 2 atom stereocenters. The van der Waals surface area contributed by atoms with Gasteiger partial charge in [0, 0.05) is 25.1 Å². The van der Waals surface area contributed by atoms with Gasteiger partial charge in [0.15, 0.2) is 0 Å². The lowest BCUT2D eigenvalue weighted by molar-refractivity contribution is -0.138. The number of aromatic hydroxyl groups is 1. The first-order chi connectivity index (χ1) is 9.97. The average Bonchev–Trinajstić information content (AvgIpc) is 2.46. The van der Waals surface area contributed by atoms with E-state index >= 15 is 0 Å². The molecular weight excluding hydrogens is 270 g/mol. The van der Waals surface area contributed by atoms with Crippen LogP contribution in [0.5, 0.6) is 5.75 Å². The topological polar surface area (TPSA) is 77.8 Å². The molecule has 0 saturated carbocycles. The number of phenolic OH excluding ortho intramolecular Hbond substituents is 1. The van der Waals surface area contributed by atoms with E-state index in [0.717, 1.165) is 12.8 Å². The van der Waals surface area contributed by atoms with Crippen LogP contribution in [0.4, 0.5) is 0 Å². The van der Waals surface area contributed by atoms with Gasteiger partial charge in [0.1, 0.15) is 5.75 Å². The Hall–Kier alpha value is -2.04. The normalized spacial score (nSPS) is 20.0. The van der Waals surface area contributed by atoms with Crippen molar-refractivity contribution in [3.05, 3.63) is 29.8 Å². The van der Waals surface area contributed by atoms with Crippen LogP contribution < -0.4 is 0 Å². The van der Waals surface area contributed by atoms with Gasteiger partial charge in [-0.15, -0.1) is 0 Å². The summed E-state index contributed by atoms with van der Waals surface area (Å²) in [7, 11) is 0. The highest BCUT2D eigenvalue weighted by Gasteiger charge is 2.28. The fourth-order valence-corrected chi connectivity index (χ4v) is 2.92. The number of benzene rings is 1. The lowest BCUT2D eigenvalue weighted by Crippen LogP contribution is -2.42. The molecule has 0 aliphatic carbocycles. The van der Waals surface area contributed by atoms with Crippen molar-refractivity contribution in [3.8, 4) is 5.75 Å². The minimum absolute atomic E-state index is 0.0577. The molecule has 5 heteroatoms. The summed E-state index contributed by atoms with van der Waals surface area (Å²) in [6.07, 6.45) is 1.98. The molecule has 1 aromatic carbocycles. The minimum Gasteiger partial charge on any atom is -0.508 e. The summed E-state index contributed by atoms with van der Waals surface area (Å²) < 4.78 is 0. The fraction of sp³-hybridized carbons (Fsp3) is 0.500. The number of phenols is 1. The van der Waals surface area contributed by atoms with Crippen LogP contribution in [0.2, 0.25) is 0 Å². The molecule has 1 heterocycles. The van der Waals surface area contributed by atoms with Crippen LogP contribution >= 0.6 is 0 Å². The van der Waals surface area contributed by atoms with Gasteiger partial charge in [-0.3, -0.25) is 9.59 Å². The predicted octanol–water partition coefficient (Wildman–Crippen LogP) is 2.36. The summed E-state index contributed by atoms with van der Waals surface area (Å²) in [6.45, 7) is 3.20. The molecule has 0 spiro atoms. The maximum absolute atomic E-state index is 12.4. The fourth-order valence-electron chi connectivity index (χ4n) is 2.92. The molecule has 5 nitrogen and oxygen atoms in total. The number of carbonyl (C=O) groups excluding carboxylic acids is 1. The molecular formula is C16H21NO4. The number of piperidine rings is 1. The Labute approximate surface area is 124 Å². The van der Waals surface area contributed by atoms with Crippen LogP contribution in [0.15, 0.2) is 24.3 Å². The van der Waals surface area contributed by atoms with Crippen molar-refractivity contribution in [2.75, 3.05) is 13.1 Å². The second-order valence-corrected chi connectivity index (χ2v) is 5.78. The Morgan fingerprint density at radius 2 is 2.19 bits per heavy atom. The monoisotopic (exact) mass is 291 g/mol. The maximum Gasteiger partial charge on any atom is 0.303 e. The zero-order chi connectivity index (χ0) is 15.4. The number of amides is 1. The molecule has 2 N–H and O–H groups in total. The molecule has 114 valence electrons. The first-order valence-electron chi connectivity index (χ1n) is 7.27. The summed E-state index contributed by atoms with van der Waals surface area (Å²) in [5.41, 5.74) is 0.474. The smallest absolute Gasteiger partial charge is 0.303 e. The molecule has 21 heavy (non-hydrogen) atoms. The van der Waals surface area contributed by atoms with Crippen LogP contribution in [0.1, 0.15) is 36.5 Å². The average molecular weight is 291 g/mol. The molecule has 2 rings (SSSR count). The van der Waals surface area contributed by atoms with Crippen LogP contribution in [-0.4, -0.2) is 40.1 Å². The predicted molar refractivity (Wildman–Crippen MR) is 78.2 cm³/mol. The zero-order valence-electron chi connectivity index (χ0n) is 12.2. The molecule has 1 amide bonds. The Morgan fingerprint density at radius 3 is 2.86 bits per heavy atom. The molecule has 1 saturated heterocycles. The van der Waals surface area contributed by atoms with Gasteiger partial charge in [0.2, 0.25) is 0 Å². The van der Waals surface area contributed by atoms with Crippen LogP contribution in [-0.2, 0) is 4.79 Å². The van der Waals surface area contributed by atoms with Crippen LogP contribution in [0.25, 0.3) is 0 Å². The van der Waals surface area contributed by atoms with Gasteiger partial charge in [-0.1, -0.05) is 13.0 Å².